The molecule has 0 aromatic heterocycles. The van der Waals surface area contributed by atoms with E-state index < -0.39 is 0 Å². The van der Waals surface area contributed by atoms with E-state index in [1.54, 1.807) is 11.9 Å². The molecular weight excluding hydrogens is 559 g/mol. The lowest BCUT2D eigenvalue weighted by Crippen LogP contribution is -2.45. The van der Waals surface area contributed by atoms with E-state index in [0.717, 1.165) is 46.6 Å². The van der Waals surface area contributed by atoms with Crippen molar-refractivity contribution >= 4 is 35.2 Å². The van der Waals surface area contributed by atoms with Crippen LogP contribution < -0.4 is 20.3 Å². The first-order chi connectivity index (χ1) is 21.7. The Labute approximate surface area is 262 Å². The summed E-state index contributed by atoms with van der Waals surface area (Å²) in [6.07, 6.45) is 12.8. The first-order valence-corrected chi connectivity index (χ1v) is 15.9. The molecular formula is C38H33N5S. The Bertz CT molecular complexity index is 1870. The summed E-state index contributed by atoms with van der Waals surface area (Å²) in [4.78, 5) is 6.38. The number of allylic oxidation sites excluding steroid dienone is 3. The molecule has 3 heterocycles. The fraction of sp³-hybridized carbons (Fsp3) is 0.132. The Balaban J connectivity index is 1.12. The van der Waals surface area contributed by atoms with Crippen LogP contribution in [0.4, 0.5) is 5.69 Å². The first kappa shape index (κ1) is 26.8. The zero-order valence-electron chi connectivity index (χ0n) is 24.3. The molecule has 3 unspecified atom stereocenters. The minimum absolute atomic E-state index is 0.0342. The van der Waals surface area contributed by atoms with Crippen LogP contribution in [-0.2, 0) is 0 Å². The van der Waals surface area contributed by atoms with Gasteiger partial charge in [-0.15, -0.1) is 0 Å². The van der Waals surface area contributed by atoms with Gasteiger partial charge in [-0.2, -0.15) is 0 Å². The van der Waals surface area contributed by atoms with Gasteiger partial charge in [-0.1, -0.05) is 104 Å². The van der Waals surface area contributed by atoms with Crippen LogP contribution in [-0.4, -0.2) is 12.0 Å². The quantitative estimate of drug-likeness (QED) is 0.208. The summed E-state index contributed by atoms with van der Waals surface area (Å²) >= 11 is 1.76. The second kappa shape index (κ2) is 11.4. The van der Waals surface area contributed by atoms with E-state index in [2.05, 4.69) is 154 Å². The van der Waals surface area contributed by atoms with Gasteiger partial charge in [-0.3, -0.25) is 9.62 Å². The Morgan fingerprint density at radius 3 is 2.57 bits per heavy atom. The van der Waals surface area contributed by atoms with Gasteiger partial charge in [0.05, 0.1) is 5.69 Å². The highest BCUT2D eigenvalue weighted by Gasteiger charge is 2.29. The van der Waals surface area contributed by atoms with Crippen molar-refractivity contribution in [2.24, 2.45) is 4.99 Å². The number of amidine groups is 1. The molecule has 8 rings (SSSR count). The standard InChI is InChI=1S/C38H33N5S/c1-25-32-24-30(19-21-34(32)44-43-33-18-9-8-11-26(33)20-22-35(43)39-25)29-16-10-17-31(23-29)38-41-36(27-12-4-2-5-13-27)40-37(42-38)28-14-6-3-7-15-28/h2-6,8-14,16-24,35-36,38-39,41H,1,7,15H2,(H,40,42). The molecule has 6 heteroatoms. The summed E-state index contributed by atoms with van der Waals surface area (Å²) in [6.45, 7) is 4.45. The van der Waals surface area contributed by atoms with E-state index in [1.165, 1.54) is 27.3 Å². The zero-order chi connectivity index (χ0) is 29.5. The molecule has 4 aromatic carbocycles. The van der Waals surface area contributed by atoms with Crippen LogP contribution in [0.25, 0.3) is 22.9 Å². The molecule has 0 amide bonds. The van der Waals surface area contributed by atoms with Crippen molar-refractivity contribution < 1.29 is 0 Å². The maximum Gasteiger partial charge on any atom is 0.129 e. The number of nitrogens with one attached hydrogen (secondary N) is 3. The molecule has 4 aliphatic rings. The number of rotatable bonds is 4. The van der Waals surface area contributed by atoms with Gasteiger partial charge in [-0.25, -0.2) is 4.99 Å². The molecule has 1 aliphatic carbocycles. The van der Waals surface area contributed by atoms with Gasteiger partial charge in [0.2, 0.25) is 0 Å². The second-order valence-electron chi connectivity index (χ2n) is 11.4. The number of hydrogen-bond donors (Lipinski definition) is 3. The Kier molecular flexibility index (Phi) is 6.93. The zero-order valence-corrected chi connectivity index (χ0v) is 25.1. The van der Waals surface area contributed by atoms with Gasteiger partial charge in [0.1, 0.15) is 24.3 Å². The Morgan fingerprint density at radius 2 is 1.68 bits per heavy atom. The highest BCUT2D eigenvalue weighted by Crippen LogP contribution is 2.43. The lowest BCUT2D eigenvalue weighted by molar-refractivity contribution is 0.408. The van der Waals surface area contributed by atoms with Gasteiger partial charge in [0.25, 0.3) is 0 Å². The maximum atomic E-state index is 5.19. The van der Waals surface area contributed by atoms with E-state index >= 15 is 0 Å². The second-order valence-corrected chi connectivity index (χ2v) is 12.4. The summed E-state index contributed by atoms with van der Waals surface area (Å²) in [5.41, 5.74) is 10.4. The van der Waals surface area contributed by atoms with Crippen LogP contribution in [0.15, 0.2) is 143 Å². The molecule has 4 aromatic rings. The Morgan fingerprint density at radius 1 is 0.841 bits per heavy atom. The van der Waals surface area contributed by atoms with Crippen molar-refractivity contribution in [1.82, 2.24) is 16.0 Å². The summed E-state index contributed by atoms with van der Waals surface area (Å²) in [6, 6.07) is 34.6. The summed E-state index contributed by atoms with van der Waals surface area (Å²) in [7, 11) is 0. The van der Waals surface area contributed by atoms with Gasteiger partial charge in [0.15, 0.2) is 0 Å². The lowest BCUT2D eigenvalue weighted by Gasteiger charge is -2.33. The molecule has 216 valence electrons. The maximum absolute atomic E-state index is 5.19. The van der Waals surface area contributed by atoms with Crippen LogP contribution in [0.5, 0.6) is 0 Å². The van der Waals surface area contributed by atoms with E-state index in [1.807, 2.05) is 0 Å². The minimum atomic E-state index is -0.181. The average Bonchev–Trinajstić information content (AvgIpc) is 3.24. The van der Waals surface area contributed by atoms with Gasteiger partial charge >= 0.3 is 0 Å². The number of benzene rings is 4. The van der Waals surface area contributed by atoms with E-state index in [-0.39, 0.29) is 18.5 Å². The number of para-hydroxylation sites is 1. The van der Waals surface area contributed by atoms with Gasteiger partial charge in [-0.05, 0) is 88.5 Å². The number of anilines is 1. The fourth-order valence-corrected chi connectivity index (χ4v) is 7.37. The SMILES string of the molecule is C=C1NC2C=Cc3ccccc3N2Sc2ccc(-c3cccc(C4N=C(C5=CC=CCC5)NC(c5ccccc5)N4)c3)cc21. The fourth-order valence-electron chi connectivity index (χ4n) is 6.25. The Hall–Kier alpha value is -4.78. The van der Waals surface area contributed by atoms with Crippen molar-refractivity contribution in [3.05, 3.63) is 156 Å². The molecule has 0 saturated carbocycles. The molecule has 5 nitrogen and oxygen atoms in total. The molecule has 0 bridgehead atoms. The predicted octanol–water partition coefficient (Wildman–Crippen LogP) is 8.36. The van der Waals surface area contributed by atoms with E-state index in [0.29, 0.717) is 0 Å². The van der Waals surface area contributed by atoms with E-state index in [4.69, 9.17) is 4.99 Å². The van der Waals surface area contributed by atoms with Crippen LogP contribution in [0, 0.1) is 0 Å². The monoisotopic (exact) mass is 591 g/mol. The van der Waals surface area contributed by atoms with Gasteiger partial charge < -0.3 is 10.6 Å². The summed E-state index contributed by atoms with van der Waals surface area (Å²) < 4.78 is 2.34. The van der Waals surface area contributed by atoms with Crippen molar-refractivity contribution in [3.63, 3.8) is 0 Å². The van der Waals surface area contributed by atoms with Crippen LogP contribution >= 0.6 is 11.9 Å². The normalized spacial score (nSPS) is 22.0. The van der Waals surface area contributed by atoms with E-state index in [9.17, 15) is 0 Å². The predicted molar refractivity (Wildman–Crippen MR) is 184 cm³/mol. The van der Waals surface area contributed by atoms with Gasteiger partial charge in [0, 0.05) is 16.2 Å². The smallest absolute Gasteiger partial charge is 0.129 e. The third-order valence-electron chi connectivity index (χ3n) is 8.56. The molecule has 3 N–H and O–H groups in total. The highest BCUT2D eigenvalue weighted by molar-refractivity contribution is 8.00. The molecule has 0 radical (unpaired) electrons. The number of hydrogen-bond acceptors (Lipinski definition) is 6. The molecule has 3 atom stereocenters. The molecule has 44 heavy (non-hydrogen) atoms. The van der Waals surface area contributed by atoms with Crippen LogP contribution in [0.2, 0.25) is 0 Å². The third-order valence-corrected chi connectivity index (χ3v) is 9.73. The largest absolute Gasteiger partial charge is 0.361 e. The van der Waals surface area contributed by atoms with Crippen molar-refractivity contribution in [2.75, 3.05) is 4.31 Å². The molecule has 3 aliphatic heterocycles. The third kappa shape index (κ3) is 5.06. The molecule has 0 fully saturated rings. The van der Waals surface area contributed by atoms with Crippen molar-refractivity contribution in [2.45, 2.75) is 36.2 Å². The number of nitrogens with zero attached hydrogens (tertiary/aromatic N) is 2. The number of fused-ring (bicyclic) bond motifs is 4. The van der Waals surface area contributed by atoms with Crippen molar-refractivity contribution in [3.8, 4) is 11.1 Å². The van der Waals surface area contributed by atoms with Crippen LogP contribution in [0.1, 0.15) is 47.4 Å². The highest BCUT2D eigenvalue weighted by atomic mass is 32.2. The first-order valence-electron chi connectivity index (χ1n) is 15.2. The average molecular weight is 592 g/mol. The lowest BCUT2D eigenvalue weighted by atomic mass is 9.98. The topological polar surface area (TPSA) is 51.7 Å². The van der Waals surface area contributed by atoms with Crippen molar-refractivity contribution in [1.29, 1.82) is 0 Å². The molecule has 0 spiro atoms. The minimum Gasteiger partial charge on any atom is -0.361 e. The summed E-state index contributed by atoms with van der Waals surface area (Å²) in [5, 5.41) is 11.1. The number of aliphatic imine (C=N–C) groups is 1. The van der Waals surface area contributed by atoms with Crippen LogP contribution in [0.3, 0.4) is 0 Å². The molecule has 0 saturated heterocycles. The summed E-state index contributed by atoms with van der Waals surface area (Å²) in [5.74, 6) is 0.967.